The zero-order valence-corrected chi connectivity index (χ0v) is 37.3. The van der Waals surface area contributed by atoms with Crippen LogP contribution in [0.1, 0.15) is 98.2 Å². The molecule has 3 fully saturated rings. The quantitative estimate of drug-likeness (QED) is 0.109. The van der Waals surface area contributed by atoms with Crippen LogP contribution in [0.3, 0.4) is 0 Å². The molecule has 1 saturated carbocycles. The van der Waals surface area contributed by atoms with Gasteiger partial charge in [-0.15, -0.1) is 32.9 Å². The molecule has 2 saturated heterocycles. The number of phenolic OH excluding ortho intramolecular Hbond substituents is 1. The van der Waals surface area contributed by atoms with Crippen LogP contribution in [0.2, 0.25) is 0 Å². The number of benzene rings is 2. The third-order valence-electron chi connectivity index (χ3n) is 13.1. The minimum Gasteiger partial charge on any atom is -0.507 e. The number of para-hydroxylation sites is 1. The highest BCUT2D eigenvalue weighted by Crippen LogP contribution is 2.43. The van der Waals surface area contributed by atoms with Gasteiger partial charge in [0.1, 0.15) is 28.6 Å². The highest BCUT2D eigenvalue weighted by atomic mass is 32.1. The van der Waals surface area contributed by atoms with Crippen LogP contribution in [0.5, 0.6) is 11.6 Å². The molecule has 2 aliphatic heterocycles. The number of rotatable bonds is 12. The number of phenols is 1. The van der Waals surface area contributed by atoms with Crippen LogP contribution in [-0.2, 0) is 9.59 Å². The van der Waals surface area contributed by atoms with Crippen molar-refractivity contribution in [3.05, 3.63) is 93.6 Å². The number of aliphatic hydroxyl groups excluding tert-OH is 1. The number of carbonyl (C=O) groups excluding carboxylic acids is 2. The van der Waals surface area contributed by atoms with E-state index in [2.05, 4.69) is 37.5 Å². The molecule has 6 atom stereocenters. The van der Waals surface area contributed by atoms with Crippen molar-refractivity contribution in [3.8, 4) is 33.3 Å². The molecule has 324 valence electrons. The predicted octanol–water partition coefficient (Wildman–Crippen LogP) is 8.16. The molecule has 1 unspecified atom stereocenters. The molecular weight excluding hydrogens is 823 g/mol. The third-order valence-corrected chi connectivity index (χ3v) is 15.5. The van der Waals surface area contributed by atoms with Gasteiger partial charge in [0.05, 0.1) is 33.9 Å². The Morgan fingerprint density at radius 1 is 0.984 bits per heavy atom. The summed E-state index contributed by atoms with van der Waals surface area (Å²) in [6.45, 7) is 12.0. The van der Waals surface area contributed by atoms with Crippen LogP contribution in [0, 0.1) is 19.8 Å². The van der Waals surface area contributed by atoms with Gasteiger partial charge in [-0.05, 0) is 111 Å². The molecule has 0 spiro atoms. The average molecular weight is 876 g/mol. The molecule has 0 radical (unpaired) electrons. The van der Waals surface area contributed by atoms with Crippen LogP contribution in [0.4, 0.5) is 0 Å². The number of likely N-dealkylation sites (tertiary alicyclic amines) is 2. The SMILES string of the molecule is Cc1ncsc1-c1ccc([C@H](C)NC(=O)[C@@H]2C[C@@H](O)CN2C(=O)[C@@H](c2cc(O[C@H]3CCC3N3CCC(c4sc5nnc(-c6ccccc6O)cc5c4C)CC3)no2)C(C)C)cc1. The number of aromatic hydroxyl groups is 1. The largest absolute Gasteiger partial charge is 0.507 e. The lowest BCUT2D eigenvalue weighted by atomic mass is 9.84. The summed E-state index contributed by atoms with van der Waals surface area (Å²) >= 11 is 3.33. The van der Waals surface area contributed by atoms with Gasteiger partial charge in [0, 0.05) is 40.9 Å². The second-order valence-electron chi connectivity index (χ2n) is 17.5. The van der Waals surface area contributed by atoms with Gasteiger partial charge in [-0.25, -0.2) is 4.98 Å². The standard InChI is InChI=1S/C47H53N7O6S2/c1-25(2)42(47(58)54-23-32(55)20-37(54)45(57)49-27(4)29-10-12-30(13-11-29)44-28(5)48-24-61-44)40-22-41(52-60-40)59-39-15-14-36(39)53-18-16-31(17-19-53)43-26(3)34-21-35(50-51-46(34)62-43)33-8-6-7-9-38(33)56/h6-13,21-22,24-25,27,31-32,36-37,39,42,55-56H,14-20,23H2,1-5H3,(H,49,57)/t27-,32+,36?,37-,39-,42+/m0/s1. The van der Waals surface area contributed by atoms with E-state index in [9.17, 15) is 19.8 Å². The zero-order chi connectivity index (χ0) is 43.2. The summed E-state index contributed by atoms with van der Waals surface area (Å²) in [5, 5.41) is 38.6. The number of nitrogens with zero attached hydrogens (tertiary/aromatic N) is 6. The summed E-state index contributed by atoms with van der Waals surface area (Å²) in [5.41, 5.74) is 7.43. The van der Waals surface area contributed by atoms with E-state index in [0.29, 0.717) is 28.8 Å². The molecular formula is C47H53N7O6S2. The zero-order valence-electron chi connectivity index (χ0n) is 35.7. The van der Waals surface area contributed by atoms with E-state index in [1.165, 1.54) is 15.3 Å². The predicted molar refractivity (Wildman–Crippen MR) is 239 cm³/mol. The van der Waals surface area contributed by atoms with Crippen molar-refractivity contribution in [1.82, 2.24) is 35.5 Å². The molecule has 2 aromatic carbocycles. The summed E-state index contributed by atoms with van der Waals surface area (Å²) < 4.78 is 12.3. The molecule has 2 amide bonds. The Bertz CT molecular complexity index is 2560. The lowest BCUT2D eigenvalue weighted by Crippen LogP contribution is -2.55. The normalized spacial score (nSPS) is 21.9. The van der Waals surface area contributed by atoms with Gasteiger partial charge in [-0.3, -0.25) is 14.5 Å². The molecule has 3 N–H and O–H groups in total. The van der Waals surface area contributed by atoms with Crippen LogP contribution in [-0.4, -0.2) is 96.1 Å². The second-order valence-corrected chi connectivity index (χ2v) is 19.4. The van der Waals surface area contributed by atoms with Crippen molar-refractivity contribution in [1.29, 1.82) is 0 Å². The number of hydrogen-bond donors (Lipinski definition) is 3. The minimum absolute atomic E-state index is 0.0383. The van der Waals surface area contributed by atoms with Gasteiger partial charge in [-0.2, -0.15) is 0 Å². The van der Waals surface area contributed by atoms with Gasteiger partial charge < -0.3 is 29.7 Å². The van der Waals surface area contributed by atoms with Crippen molar-refractivity contribution in [3.63, 3.8) is 0 Å². The fourth-order valence-electron chi connectivity index (χ4n) is 9.49. The van der Waals surface area contributed by atoms with Crippen LogP contribution in [0.25, 0.3) is 31.9 Å². The number of aromatic nitrogens is 4. The first-order valence-electron chi connectivity index (χ1n) is 21.6. The van der Waals surface area contributed by atoms with Crippen LogP contribution >= 0.6 is 22.7 Å². The summed E-state index contributed by atoms with van der Waals surface area (Å²) in [6.07, 6.45) is 3.31. The Hall–Kier alpha value is -5.22. The third kappa shape index (κ3) is 8.23. The fraction of sp³-hybridized carbons (Fsp3) is 0.447. The maximum atomic E-state index is 14.3. The number of carbonyl (C=O) groups is 2. The smallest absolute Gasteiger partial charge is 0.254 e. The average Bonchev–Trinajstić information content (AvgIpc) is 4.07. The van der Waals surface area contributed by atoms with Gasteiger partial charge >= 0.3 is 0 Å². The minimum atomic E-state index is -0.821. The molecule has 62 heavy (non-hydrogen) atoms. The van der Waals surface area contributed by atoms with Crippen molar-refractivity contribution < 1.29 is 29.1 Å². The first-order valence-corrected chi connectivity index (χ1v) is 23.3. The monoisotopic (exact) mass is 875 g/mol. The molecule has 13 nitrogen and oxygen atoms in total. The maximum absolute atomic E-state index is 14.3. The first kappa shape index (κ1) is 42.1. The number of thiophene rings is 1. The molecule has 3 aliphatic rings. The molecule has 1 aliphatic carbocycles. The number of nitrogens with one attached hydrogen (secondary N) is 1. The van der Waals surface area contributed by atoms with Gasteiger partial charge in [0.15, 0.2) is 5.76 Å². The van der Waals surface area contributed by atoms with Gasteiger partial charge in [-0.1, -0.05) is 50.2 Å². The van der Waals surface area contributed by atoms with Gasteiger partial charge in [0.2, 0.25) is 11.8 Å². The molecule has 15 heteroatoms. The number of piperidine rings is 1. The summed E-state index contributed by atoms with van der Waals surface area (Å²) in [7, 11) is 0. The summed E-state index contributed by atoms with van der Waals surface area (Å²) in [5.74, 6) is -0.0904. The highest BCUT2D eigenvalue weighted by Gasteiger charge is 2.44. The Morgan fingerprint density at radius 3 is 2.45 bits per heavy atom. The van der Waals surface area contributed by atoms with Crippen LogP contribution < -0.4 is 10.1 Å². The Balaban J connectivity index is 0.808. The van der Waals surface area contributed by atoms with Crippen LogP contribution in [0.15, 0.2) is 70.7 Å². The number of thiazole rings is 1. The van der Waals surface area contributed by atoms with E-state index in [0.717, 1.165) is 70.7 Å². The molecule has 4 aromatic heterocycles. The fourth-order valence-corrected chi connectivity index (χ4v) is 11.6. The number of ether oxygens (including phenoxy) is 1. The number of aryl methyl sites for hydroxylation is 2. The Labute approximate surface area is 369 Å². The number of amides is 2. The Kier molecular flexibility index (Phi) is 11.9. The lowest BCUT2D eigenvalue weighted by molar-refractivity contribution is -0.141. The summed E-state index contributed by atoms with van der Waals surface area (Å²) in [4.78, 5) is 39.9. The van der Waals surface area contributed by atoms with Gasteiger partial charge in [0.25, 0.3) is 5.88 Å². The highest BCUT2D eigenvalue weighted by molar-refractivity contribution is 7.19. The maximum Gasteiger partial charge on any atom is 0.254 e. The Morgan fingerprint density at radius 2 is 1.76 bits per heavy atom. The number of fused-ring (bicyclic) bond motifs is 1. The number of hydrogen-bond acceptors (Lipinski definition) is 13. The molecule has 6 aromatic rings. The van der Waals surface area contributed by atoms with E-state index in [4.69, 9.17) is 9.26 Å². The van der Waals surface area contributed by atoms with Crippen molar-refractivity contribution in [2.45, 2.75) is 109 Å². The second kappa shape index (κ2) is 17.5. The van der Waals surface area contributed by atoms with E-state index >= 15 is 0 Å². The molecule has 9 rings (SSSR count). The number of aliphatic hydroxyl groups is 1. The topological polar surface area (TPSA) is 167 Å². The number of β-amino-alcohol motifs (C(OH)–C–C–N with tert-alkyl or cyclic N) is 1. The first-order chi connectivity index (χ1) is 29.9. The molecule has 6 heterocycles. The van der Waals surface area contributed by atoms with Crippen molar-refractivity contribution in [2.24, 2.45) is 5.92 Å². The lowest BCUT2D eigenvalue weighted by Gasteiger charge is -2.46. The van der Waals surface area contributed by atoms with E-state index in [1.54, 1.807) is 40.9 Å². The summed E-state index contributed by atoms with van der Waals surface area (Å²) in [6, 6.07) is 18.2. The van der Waals surface area contributed by atoms with E-state index in [-0.39, 0.29) is 54.6 Å². The van der Waals surface area contributed by atoms with E-state index < -0.39 is 18.1 Å². The molecule has 0 bridgehead atoms. The van der Waals surface area contributed by atoms with E-state index in [1.807, 2.05) is 75.7 Å². The van der Waals surface area contributed by atoms with Crippen molar-refractivity contribution in [2.75, 3.05) is 19.6 Å². The van der Waals surface area contributed by atoms with Crippen molar-refractivity contribution >= 4 is 44.7 Å².